The Morgan fingerprint density at radius 3 is 1.09 bits per heavy atom. The van der Waals surface area contributed by atoms with Crippen LogP contribution < -0.4 is 4.74 Å². The first-order chi connectivity index (χ1) is 11.0. The second-order valence-corrected chi connectivity index (χ2v) is 4.21. The molecule has 0 amide bonds. The fourth-order valence-electron chi connectivity index (χ4n) is 1.78. The Labute approximate surface area is 129 Å². The quantitative estimate of drug-likeness (QED) is 0.846. The predicted octanol–water partition coefficient (Wildman–Crippen LogP) is 3.24. The summed E-state index contributed by atoms with van der Waals surface area (Å²) in [4.78, 5) is 0. The SMILES string of the molecule is N#Cc1cc(Oc2cc(C#N)c(F)c(C#N)c2)cc(C#N)c1F. The lowest BCUT2D eigenvalue weighted by molar-refractivity contribution is 0.477. The van der Waals surface area contributed by atoms with E-state index in [-0.39, 0.29) is 11.5 Å². The first-order valence-electron chi connectivity index (χ1n) is 5.99. The molecule has 0 saturated carbocycles. The van der Waals surface area contributed by atoms with E-state index in [0.29, 0.717) is 0 Å². The normalized spacial score (nSPS) is 9.13. The fraction of sp³-hybridized carbons (Fsp3) is 0. The number of halogens is 2. The van der Waals surface area contributed by atoms with Gasteiger partial charge < -0.3 is 4.74 Å². The van der Waals surface area contributed by atoms with Gasteiger partial charge in [0.1, 0.15) is 35.8 Å². The van der Waals surface area contributed by atoms with Crippen LogP contribution in [0.5, 0.6) is 11.5 Å². The molecule has 0 aliphatic heterocycles. The Balaban J connectivity index is 2.53. The minimum absolute atomic E-state index is 0.0566. The van der Waals surface area contributed by atoms with Crippen LogP contribution in [0.4, 0.5) is 8.78 Å². The maximum atomic E-state index is 13.6. The summed E-state index contributed by atoms with van der Waals surface area (Å²) >= 11 is 0. The third kappa shape index (κ3) is 2.90. The molecule has 0 unspecified atom stereocenters. The monoisotopic (exact) mass is 306 g/mol. The van der Waals surface area contributed by atoms with Crippen LogP contribution in [0.2, 0.25) is 0 Å². The average Bonchev–Trinajstić information content (AvgIpc) is 2.57. The number of rotatable bonds is 2. The number of benzene rings is 2. The largest absolute Gasteiger partial charge is 0.457 e. The van der Waals surface area contributed by atoms with Crippen LogP contribution in [0.15, 0.2) is 24.3 Å². The van der Waals surface area contributed by atoms with Crippen LogP contribution in [-0.4, -0.2) is 0 Å². The summed E-state index contributed by atoms with van der Waals surface area (Å²) in [5, 5.41) is 35.4. The van der Waals surface area contributed by atoms with Crippen LogP contribution in [0.25, 0.3) is 0 Å². The van der Waals surface area contributed by atoms with Gasteiger partial charge in [0.05, 0.1) is 22.3 Å². The molecule has 0 spiro atoms. The highest BCUT2D eigenvalue weighted by Crippen LogP contribution is 2.28. The molecule has 0 aromatic heterocycles. The second-order valence-electron chi connectivity index (χ2n) is 4.21. The van der Waals surface area contributed by atoms with Crippen LogP contribution in [0, 0.1) is 57.0 Å². The molecule has 2 rings (SSSR count). The van der Waals surface area contributed by atoms with Crippen molar-refractivity contribution in [2.45, 2.75) is 0 Å². The van der Waals surface area contributed by atoms with Gasteiger partial charge in [0.2, 0.25) is 0 Å². The standard InChI is InChI=1S/C16H4F2N4O/c17-15-9(5-19)1-13(2-10(15)6-20)23-14-3-11(7-21)16(18)12(4-14)8-22/h1-4H. The summed E-state index contributed by atoms with van der Waals surface area (Å²) in [7, 11) is 0. The Morgan fingerprint density at radius 1 is 0.609 bits per heavy atom. The molecule has 5 nitrogen and oxygen atoms in total. The van der Waals surface area contributed by atoms with Crippen molar-refractivity contribution in [1.82, 2.24) is 0 Å². The molecule has 0 atom stereocenters. The fourth-order valence-corrected chi connectivity index (χ4v) is 1.78. The van der Waals surface area contributed by atoms with Crippen molar-refractivity contribution >= 4 is 0 Å². The van der Waals surface area contributed by atoms with Gasteiger partial charge >= 0.3 is 0 Å². The van der Waals surface area contributed by atoms with Crippen molar-refractivity contribution in [2.75, 3.05) is 0 Å². The highest BCUT2D eigenvalue weighted by Gasteiger charge is 2.14. The van der Waals surface area contributed by atoms with E-state index in [1.165, 1.54) is 0 Å². The Bertz CT molecular complexity index is 822. The van der Waals surface area contributed by atoms with E-state index in [0.717, 1.165) is 24.3 Å². The van der Waals surface area contributed by atoms with E-state index in [1.807, 2.05) is 0 Å². The summed E-state index contributed by atoms with van der Waals surface area (Å²) in [6.45, 7) is 0. The Hall–Kier alpha value is -3.94. The third-order valence-corrected chi connectivity index (χ3v) is 2.81. The van der Waals surface area contributed by atoms with E-state index in [2.05, 4.69) is 0 Å². The molecule has 0 radical (unpaired) electrons. The molecule has 23 heavy (non-hydrogen) atoms. The molecule has 0 fully saturated rings. The molecule has 7 heteroatoms. The Kier molecular flexibility index (Phi) is 4.18. The molecular formula is C16H4F2N4O. The van der Waals surface area contributed by atoms with Gasteiger partial charge in [-0.1, -0.05) is 0 Å². The highest BCUT2D eigenvalue weighted by molar-refractivity contribution is 5.51. The molecular weight excluding hydrogens is 302 g/mol. The molecule has 0 aliphatic rings. The average molecular weight is 306 g/mol. The van der Waals surface area contributed by atoms with Gasteiger partial charge in [0.15, 0.2) is 11.6 Å². The summed E-state index contributed by atoms with van der Waals surface area (Å²) < 4.78 is 32.6. The number of nitriles is 4. The summed E-state index contributed by atoms with van der Waals surface area (Å²) in [5.74, 6) is -2.06. The summed E-state index contributed by atoms with van der Waals surface area (Å²) in [5.41, 5.74) is -1.60. The first kappa shape index (κ1) is 15.4. The zero-order valence-electron chi connectivity index (χ0n) is 11.3. The van der Waals surface area contributed by atoms with E-state index in [9.17, 15) is 8.78 Å². The lowest BCUT2D eigenvalue weighted by Crippen LogP contribution is -1.95. The molecule has 0 N–H and O–H groups in total. The molecule has 108 valence electrons. The topological polar surface area (TPSA) is 104 Å². The van der Waals surface area contributed by atoms with Gasteiger partial charge in [-0.25, -0.2) is 8.78 Å². The summed E-state index contributed by atoms with van der Waals surface area (Å²) in [6.07, 6.45) is 0. The number of hydrogen-bond acceptors (Lipinski definition) is 5. The predicted molar refractivity (Wildman–Crippen MR) is 71.7 cm³/mol. The van der Waals surface area contributed by atoms with Crippen molar-refractivity contribution in [3.8, 4) is 35.8 Å². The molecule has 2 aromatic rings. The maximum Gasteiger partial charge on any atom is 0.158 e. The molecule has 0 saturated heterocycles. The van der Waals surface area contributed by atoms with E-state index >= 15 is 0 Å². The molecule has 0 aliphatic carbocycles. The maximum absolute atomic E-state index is 13.6. The van der Waals surface area contributed by atoms with Crippen molar-refractivity contribution in [2.24, 2.45) is 0 Å². The van der Waals surface area contributed by atoms with Crippen LogP contribution >= 0.6 is 0 Å². The van der Waals surface area contributed by atoms with Crippen LogP contribution in [0.1, 0.15) is 22.3 Å². The molecule has 0 bridgehead atoms. The molecule has 2 aromatic carbocycles. The lowest BCUT2D eigenvalue weighted by atomic mass is 10.1. The van der Waals surface area contributed by atoms with Crippen LogP contribution in [-0.2, 0) is 0 Å². The number of nitrogens with zero attached hydrogens (tertiary/aromatic N) is 4. The Morgan fingerprint density at radius 2 is 0.870 bits per heavy atom. The van der Waals surface area contributed by atoms with Gasteiger partial charge in [-0.05, 0) is 0 Å². The van der Waals surface area contributed by atoms with Crippen molar-refractivity contribution in [3.63, 3.8) is 0 Å². The minimum Gasteiger partial charge on any atom is -0.457 e. The van der Waals surface area contributed by atoms with Gasteiger partial charge in [-0.2, -0.15) is 21.0 Å². The highest BCUT2D eigenvalue weighted by atomic mass is 19.1. The van der Waals surface area contributed by atoms with Gasteiger partial charge in [-0.15, -0.1) is 0 Å². The number of ether oxygens (including phenoxy) is 1. The summed E-state index contributed by atoms with van der Waals surface area (Å²) in [6, 6.07) is 10.5. The zero-order valence-corrected chi connectivity index (χ0v) is 11.3. The van der Waals surface area contributed by atoms with Crippen molar-refractivity contribution in [1.29, 1.82) is 21.0 Å². The van der Waals surface area contributed by atoms with Gasteiger partial charge in [0, 0.05) is 24.3 Å². The van der Waals surface area contributed by atoms with Gasteiger partial charge in [-0.3, -0.25) is 0 Å². The van der Waals surface area contributed by atoms with Crippen LogP contribution in [0.3, 0.4) is 0 Å². The minimum atomic E-state index is -0.975. The van der Waals surface area contributed by atoms with E-state index in [1.54, 1.807) is 24.3 Å². The smallest absolute Gasteiger partial charge is 0.158 e. The third-order valence-electron chi connectivity index (χ3n) is 2.81. The zero-order chi connectivity index (χ0) is 17.0. The number of hydrogen-bond donors (Lipinski definition) is 0. The first-order valence-corrected chi connectivity index (χ1v) is 5.99. The van der Waals surface area contributed by atoms with E-state index < -0.39 is 33.9 Å². The molecule has 0 heterocycles. The van der Waals surface area contributed by atoms with Gasteiger partial charge in [0.25, 0.3) is 0 Å². The van der Waals surface area contributed by atoms with Crippen molar-refractivity contribution < 1.29 is 13.5 Å². The lowest BCUT2D eigenvalue weighted by Gasteiger charge is -2.08. The second kappa shape index (κ2) is 6.22. The van der Waals surface area contributed by atoms with Crippen molar-refractivity contribution in [3.05, 3.63) is 58.2 Å². The van der Waals surface area contributed by atoms with E-state index in [4.69, 9.17) is 25.8 Å².